The summed E-state index contributed by atoms with van der Waals surface area (Å²) in [5.41, 5.74) is 6.16. The molecule has 3 rings (SSSR count). The van der Waals surface area contributed by atoms with Crippen molar-refractivity contribution in [2.75, 3.05) is 19.6 Å². The molecule has 0 saturated carbocycles. The average Bonchev–Trinajstić information content (AvgIpc) is 3.08. The maximum atomic E-state index is 6.16. The molecule has 96 valence electrons. The third-order valence-corrected chi connectivity index (χ3v) is 3.39. The van der Waals surface area contributed by atoms with Gasteiger partial charge in [0.15, 0.2) is 0 Å². The maximum absolute atomic E-state index is 6.16. The van der Waals surface area contributed by atoms with E-state index < -0.39 is 0 Å². The Labute approximate surface area is 105 Å². The van der Waals surface area contributed by atoms with Crippen LogP contribution in [0.2, 0.25) is 0 Å². The van der Waals surface area contributed by atoms with Gasteiger partial charge in [-0.3, -0.25) is 9.58 Å². The molecule has 0 aromatic carbocycles. The molecule has 1 fully saturated rings. The van der Waals surface area contributed by atoms with Crippen molar-refractivity contribution in [3.05, 3.63) is 30.9 Å². The molecule has 0 aliphatic carbocycles. The summed E-state index contributed by atoms with van der Waals surface area (Å²) in [6.45, 7) is 3.67. The number of hydrogen-bond acceptors (Lipinski definition) is 5. The number of hydrogen-bond donors (Lipinski definition) is 1. The Balaban J connectivity index is 1.57. The minimum Gasteiger partial charge on any atom is -0.325 e. The van der Waals surface area contributed by atoms with E-state index in [9.17, 15) is 0 Å². The lowest BCUT2D eigenvalue weighted by atomic mass is 10.2. The highest BCUT2D eigenvalue weighted by Crippen LogP contribution is 2.19. The van der Waals surface area contributed by atoms with Crippen LogP contribution in [-0.4, -0.2) is 55.4 Å². The Morgan fingerprint density at radius 3 is 2.83 bits per heavy atom. The minimum absolute atomic E-state index is 0.115. The Bertz CT molecular complexity index is 464. The van der Waals surface area contributed by atoms with E-state index >= 15 is 0 Å². The summed E-state index contributed by atoms with van der Waals surface area (Å²) in [6.07, 6.45) is 7.35. The van der Waals surface area contributed by atoms with E-state index in [2.05, 4.69) is 20.3 Å². The molecule has 3 heterocycles. The summed E-state index contributed by atoms with van der Waals surface area (Å²) < 4.78 is 3.80. The summed E-state index contributed by atoms with van der Waals surface area (Å²) in [5, 5.41) is 12.1. The molecule has 18 heavy (non-hydrogen) atoms. The molecule has 1 aliphatic rings. The molecule has 2 aromatic heterocycles. The quantitative estimate of drug-likeness (QED) is 0.777. The van der Waals surface area contributed by atoms with Crippen LogP contribution in [0.1, 0.15) is 6.04 Å². The summed E-state index contributed by atoms with van der Waals surface area (Å²) in [6, 6.07) is 2.28. The second-order valence-electron chi connectivity index (χ2n) is 4.64. The van der Waals surface area contributed by atoms with Gasteiger partial charge >= 0.3 is 0 Å². The van der Waals surface area contributed by atoms with Gasteiger partial charge in [0.2, 0.25) is 0 Å². The molecule has 7 heteroatoms. The Morgan fingerprint density at radius 2 is 2.11 bits per heavy atom. The molecule has 0 bridgehead atoms. The van der Waals surface area contributed by atoms with Crippen LogP contribution >= 0.6 is 0 Å². The molecular formula is C11H17N7. The van der Waals surface area contributed by atoms with Gasteiger partial charge in [0, 0.05) is 44.3 Å². The minimum atomic E-state index is 0.115. The molecular weight excluding hydrogens is 230 g/mol. The molecule has 2 atom stereocenters. The average molecular weight is 247 g/mol. The smallest absolute Gasteiger partial charge is 0.0826 e. The van der Waals surface area contributed by atoms with Crippen LogP contribution in [0.4, 0.5) is 0 Å². The van der Waals surface area contributed by atoms with Crippen molar-refractivity contribution in [3.63, 3.8) is 0 Å². The Hall–Kier alpha value is -1.73. The standard InChI is InChI=1S/C11H17N7/c12-10-8-16(6-7-17-4-1-2-14-17)9-11(10)18-5-3-13-15-18/h1-5,10-11H,6-9,12H2/t10-,11+/m1/s1. The monoisotopic (exact) mass is 247 g/mol. The summed E-state index contributed by atoms with van der Waals surface area (Å²) >= 11 is 0. The molecule has 2 aromatic rings. The van der Waals surface area contributed by atoms with Gasteiger partial charge in [0.1, 0.15) is 0 Å². The number of aromatic nitrogens is 5. The largest absolute Gasteiger partial charge is 0.325 e. The highest BCUT2D eigenvalue weighted by atomic mass is 15.4. The second-order valence-corrected chi connectivity index (χ2v) is 4.64. The fourth-order valence-corrected chi connectivity index (χ4v) is 2.43. The van der Waals surface area contributed by atoms with Gasteiger partial charge in [-0.2, -0.15) is 5.10 Å². The van der Waals surface area contributed by atoms with Gasteiger partial charge in [0.25, 0.3) is 0 Å². The van der Waals surface area contributed by atoms with Crippen LogP contribution < -0.4 is 5.73 Å². The summed E-state index contributed by atoms with van der Waals surface area (Å²) in [5.74, 6) is 0. The molecule has 1 saturated heterocycles. The van der Waals surface area contributed by atoms with Crippen LogP contribution in [-0.2, 0) is 6.54 Å². The van der Waals surface area contributed by atoms with Gasteiger partial charge < -0.3 is 5.73 Å². The van der Waals surface area contributed by atoms with E-state index in [-0.39, 0.29) is 12.1 Å². The first-order chi connectivity index (χ1) is 8.83. The molecule has 0 amide bonds. The molecule has 0 unspecified atom stereocenters. The highest BCUT2D eigenvalue weighted by Gasteiger charge is 2.31. The van der Waals surface area contributed by atoms with Crippen molar-refractivity contribution in [2.24, 2.45) is 5.73 Å². The van der Waals surface area contributed by atoms with Crippen LogP contribution in [0.25, 0.3) is 0 Å². The predicted molar refractivity (Wildman–Crippen MR) is 65.7 cm³/mol. The fraction of sp³-hybridized carbons (Fsp3) is 0.545. The Kier molecular flexibility index (Phi) is 3.07. The number of rotatable bonds is 4. The first kappa shape index (κ1) is 11.4. The predicted octanol–water partition coefficient (Wildman–Crippen LogP) is -0.641. The first-order valence-electron chi connectivity index (χ1n) is 6.14. The van der Waals surface area contributed by atoms with E-state index in [4.69, 9.17) is 5.73 Å². The van der Waals surface area contributed by atoms with E-state index in [0.717, 1.165) is 26.2 Å². The summed E-state index contributed by atoms with van der Waals surface area (Å²) in [4.78, 5) is 2.35. The third-order valence-electron chi connectivity index (χ3n) is 3.39. The molecule has 0 spiro atoms. The van der Waals surface area contributed by atoms with Crippen molar-refractivity contribution >= 4 is 0 Å². The lowest BCUT2D eigenvalue weighted by molar-refractivity contribution is 0.298. The fourth-order valence-electron chi connectivity index (χ4n) is 2.43. The second kappa shape index (κ2) is 4.87. The SMILES string of the molecule is N[C@@H]1CN(CCn2cccn2)C[C@@H]1n1ccnn1. The van der Waals surface area contributed by atoms with Gasteiger partial charge in [-0.1, -0.05) is 5.21 Å². The van der Waals surface area contributed by atoms with Gasteiger partial charge in [-0.05, 0) is 6.07 Å². The van der Waals surface area contributed by atoms with Crippen LogP contribution in [0.3, 0.4) is 0 Å². The molecule has 0 radical (unpaired) electrons. The van der Waals surface area contributed by atoms with Gasteiger partial charge in [-0.15, -0.1) is 5.10 Å². The molecule has 1 aliphatic heterocycles. The third kappa shape index (κ3) is 2.27. The van der Waals surface area contributed by atoms with E-state index in [0.29, 0.717) is 0 Å². The van der Waals surface area contributed by atoms with Gasteiger partial charge in [-0.25, -0.2) is 4.68 Å². The lowest BCUT2D eigenvalue weighted by Gasteiger charge is -2.15. The van der Waals surface area contributed by atoms with Crippen molar-refractivity contribution in [3.8, 4) is 0 Å². The zero-order valence-corrected chi connectivity index (χ0v) is 10.1. The van der Waals surface area contributed by atoms with Crippen molar-refractivity contribution in [1.82, 2.24) is 29.7 Å². The van der Waals surface area contributed by atoms with Crippen molar-refractivity contribution in [1.29, 1.82) is 0 Å². The van der Waals surface area contributed by atoms with Crippen LogP contribution in [0, 0.1) is 0 Å². The first-order valence-corrected chi connectivity index (χ1v) is 6.14. The zero-order valence-electron chi connectivity index (χ0n) is 10.1. The number of likely N-dealkylation sites (tertiary alicyclic amines) is 1. The summed E-state index contributed by atoms with van der Waals surface area (Å²) in [7, 11) is 0. The van der Waals surface area contributed by atoms with Gasteiger partial charge in [0.05, 0.1) is 18.8 Å². The zero-order chi connectivity index (χ0) is 12.4. The normalized spacial score (nSPS) is 24.7. The maximum Gasteiger partial charge on any atom is 0.0826 e. The van der Waals surface area contributed by atoms with E-state index in [1.165, 1.54) is 0 Å². The Morgan fingerprint density at radius 1 is 1.17 bits per heavy atom. The number of nitrogens with two attached hydrogens (primary N) is 1. The van der Waals surface area contributed by atoms with E-state index in [1.54, 1.807) is 12.4 Å². The molecule has 7 nitrogen and oxygen atoms in total. The van der Waals surface area contributed by atoms with Crippen molar-refractivity contribution < 1.29 is 0 Å². The van der Waals surface area contributed by atoms with Crippen molar-refractivity contribution in [2.45, 2.75) is 18.6 Å². The molecule has 2 N–H and O–H groups in total. The lowest BCUT2D eigenvalue weighted by Crippen LogP contribution is -2.32. The topological polar surface area (TPSA) is 77.8 Å². The van der Waals surface area contributed by atoms with Crippen LogP contribution in [0.15, 0.2) is 30.9 Å². The van der Waals surface area contributed by atoms with Crippen LogP contribution in [0.5, 0.6) is 0 Å². The highest BCUT2D eigenvalue weighted by molar-refractivity contribution is 4.91. The van der Waals surface area contributed by atoms with E-state index in [1.807, 2.05) is 27.8 Å². The number of nitrogens with zero attached hydrogens (tertiary/aromatic N) is 6.